The average Bonchev–Trinajstić information content (AvgIpc) is 2.55. The first-order valence-electron chi connectivity index (χ1n) is 5.28. The van der Waals surface area contributed by atoms with E-state index in [4.69, 9.17) is 5.73 Å². The fourth-order valence-electron chi connectivity index (χ4n) is 1.48. The number of hydrogen-bond acceptors (Lipinski definition) is 6. The van der Waals surface area contributed by atoms with Crippen LogP contribution in [0.2, 0.25) is 0 Å². The predicted molar refractivity (Wildman–Crippen MR) is 74.2 cm³/mol. The van der Waals surface area contributed by atoms with Crippen molar-refractivity contribution in [1.29, 1.82) is 0 Å². The summed E-state index contributed by atoms with van der Waals surface area (Å²) in [6, 6.07) is 0. The molecule has 18 heavy (non-hydrogen) atoms. The minimum atomic E-state index is -3.47. The minimum absolute atomic E-state index is 0.0251. The molecule has 0 fully saturated rings. The lowest BCUT2D eigenvalue weighted by molar-refractivity contribution is 0.0960. The highest BCUT2D eigenvalue weighted by atomic mass is 32.2. The van der Waals surface area contributed by atoms with Crippen LogP contribution in [0.15, 0.2) is 4.90 Å². The molecule has 1 amide bonds. The van der Waals surface area contributed by atoms with Gasteiger partial charge in [-0.05, 0) is 6.92 Å². The molecule has 0 aromatic carbocycles. The summed E-state index contributed by atoms with van der Waals surface area (Å²) in [7, 11) is -0.0535. The number of nitrogen functional groups attached to an aromatic ring is 1. The van der Waals surface area contributed by atoms with E-state index in [9.17, 15) is 13.2 Å². The molecule has 1 heterocycles. The number of thiophene rings is 1. The molecule has 0 atom stereocenters. The van der Waals surface area contributed by atoms with E-state index in [1.54, 1.807) is 25.9 Å². The molecule has 0 aliphatic heterocycles. The van der Waals surface area contributed by atoms with Gasteiger partial charge in [-0.2, -0.15) is 0 Å². The molecule has 6 nitrogen and oxygen atoms in total. The smallest absolute Gasteiger partial charge is 0.263 e. The third-order valence-electron chi connectivity index (χ3n) is 2.20. The summed E-state index contributed by atoms with van der Waals surface area (Å²) in [5, 5.41) is 3.08. The van der Waals surface area contributed by atoms with Gasteiger partial charge in [0, 0.05) is 26.9 Å². The molecule has 0 aliphatic carbocycles. The Kier molecular flexibility index (Phi) is 4.23. The molecule has 8 heteroatoms. The highest BCUT2D eigenvalue weighted by Crippen LogP contribution is 2.40. The Morgan fingerprint density at radius 2 is 2.00 bits per heavy atom. The van der Waals surface area contributed by atoms with E-state index in [-0.39, 0.29) is 21.4 Å². The molecule has 0 aliphatic rings. The lowest BCUT2D eigenvalue weighted by Gasteiger charge is -2.11. The van der Waals surface area contributed by atoms with E-state index in [2.05, 4.69) is 5.32 Å². The first kappa shape index (κ1) is 14.8. The van der Waals surface area contributed by atoms with Crippen molar-refractivity contribution in [2.75, 3.05) is 37.5 Å². The maximum atomic E-state index is 11.8. The summed E-state index contributed by atoms with van der Waals surface area (Å²) < 4.78 is 23.5. The van der Waals surface area contributed by atoms with Crippen molar-refractivity contribution in [1.82, 2.24) is 5.32 Å². The molecule has 102 valence electrons. The van der Waals surface area contributed by atoms with Crippen molar-refractivity contribution < 1.29 is 13.2 Å². The van der Waals surface area contributed by atoms with Gasteiger partial charge in [-0.3, -0.25) is 4.79 Å². The second kappa shape index (κ2) is 5.15. The van der Waals surface area contributed by atoms with E-state index < -0.39 is 9.84 Å². The highest BCUT2D eigenvalue weighted by Gasteiger charge is 2.27. The number of nitrogens with two attached hydrogens (primary N) is 1. The van der Waals surface area contributed by atoms with Crippen LogP contribution < -0.4 is 16.0 Å². The van der Waals surface area contributed by atoms with Crippen LogP contribution in [0.5, 0.6) is 0 Å². The van der Waals surface area contributed by atoms with Crippen LogP contribution in [0.4, 0.5) is 10.7 Å². The van der Waals surface area contributed by atoms with Crippen LogP contribution >= 0.6 is 11.3 Å². The zero-order valence-corrected chi connectivity index (χ0v) is 12.4. The first-order chi connectivity index (χ1) is 8.20. The Balaban J connectivity index is 3.48. The second-order valence-corrected chi connectivity index (χ2v) is 6.96. The topological polar surface area (TPSA) is 92.5 Å². The Bertz CT molecular complexity index is 561. The third kappa shape index (κ3) is 2.75. The number of carbonyl (C=O) groups excluding carboxylic acids is 1. The van der Waals surface area contributed by atoms with Gasteiger partial charge in [-0.25, -0.2) is 8.42 Å². The van der Waals surface area contributed by atoms with Gasteiger partial charge in [0.25, 0.3) is 5.91 Å². The van der Waals surface area contributed by atoms with Crippen molar-refractivity contribution in [3.05, 3.63) is 4.88 Å². The summed E-state index contributed by atoms with van der Waals surface area (Å²) in [5.74, 6) is -0.349. The molecular formula is C10H17N3O3S2. The quantitative estimate of drug-likeness (QED) is 0.845. The standard InChI is InChI=1S/C10H17N3O3S2/c1-5-12-9(14)7-6(11)8(18(4,15)16)10(17-7)13(2)3/h5,11H2,1-4H3,(H,12,14). The third-order valence-corrected chi connectivity index (χ3v) is 4.86. The highest BCUT2D eigenvalue weighted by molar-refractivity contribution is 7.91. The normalized spacial score (nSPS) is 11.3. The molecule has 0 saturated carbocycles. The largest absolute Gasteiger partial charge is 0.396 e. The molecule has 1 aromatic rings. The maximum absolute atomic E-state index is 11.8. The van der Waals surface area contributed by atoms with Crippen LogP contribution in [0.25, 0.3) is 0 Å². The summed E-state index contributed by atoms with van der Waals surface area (Å²) in [5.41, 5.74) is 5.83. The molecule has 0 spiro atoms. The number of amides is 1. The Labute approximate surface area is 111 Å². The Hall–Kier alpha value is -1.28. The van der Waals surface area contributed by atoms with Crippen LogP contribution in [0.1, 0.15) is 16.6 Å². The van der Waals surface area contributed by atoms with Gasteiger partial charge in [-0.15, -0.1) is 11.3 Å². The van der Waals surface area contributed by atoms with Crippen LogP contribution in [0.3, 0.4) is 0 Å². The fourth-order valence-corrected chi connectivity index (χ4v) is 4.08. The SMILES string of the molecule is CCNC(=O)c1sc(N(C)C)c(S(C)(=O)=O)c1N. The van der Waals surface area contributed by atoms with Crippen molar-refractivity contribution >= 4 is 37.8 Å². The predicted octanol–water partition coefficient (Wildman–Crippen LogP) is 0.550. The van der Waals surface area contributed by atoms with Gasteiger partial charge in [0.1, 0.15) is 14.8 Å². The Morgan fingerprint density at radius 1 is 1.44 bits per heavy atom. The Morgan fingerprint density at radius 3 is 2.33 bits per heavy atom. The van der Waals surface area contributed by atoms with E-state index in [1.165, 1.54) is 0 Å². The van der Waals surface area contributed by atoms with Gasteiger partial charge in [0.05, 0.1) is 5.69 Å². The molecule has 1 rings (SSSR count). The van der Waals surface area contributed by atoms with Gasteiger partial charge in [-0.1, -0.05) is 0 Å². The minimum Gasteiger partial charge on any atom is -0.396 e. The number of hydrogen-bond donors (Lipinski definition) is 2. The molecule has 0 unspecified atom stereocenters. The van der Waals surface area contributed by atoms with E-state index in [0.29, 0.717) is 11.5 Å². The summed E-state index contributed by atoms with van der Waals surface area (Å²) in [6.45, 7) is 2.24. The van der Waals surface area contributed by atoms with E-state index in [0.717, 1.165) is 17.6 Å². The number of carbonyl (C=O) groups is 1. The van der Waals surface area contributed by atoms with Crippen LogP contribution in [0, 0.1) is 0 Å². The molecule has 0 saturated heterocycles. The number of nitrogens with zero attached hydrogens (tertiary/aromatic N) is 1. The monoisotopic (exact) mass is 291 g/mol. The molecule has 1 aromatic heterocycles. The van der Waals surface area contributed by atoms with Gasteiger partial charge in [0.15, 0.2) is 9.84 Å². The van der Waals surface area contributed by atoms with Gasteiger partial charge < -0.3 is 16.0 Å². The summed E-state index contributed by atoms with van der Waals surface area (Å²) in [4.78, 5) is 13.7. The molecule has 0 radical (unpaired) electrons. The van der Waals surface area contributed by atoms with Crippen molar-refractivity contribution in [3.8, 4) is 0 Å². The lowest BCUT2D eigenvalue weighted by atomic mass is 10.3. The van der Waals surface area contributed by atoms with Gasteiger partial charge >= 0.3 is 0 Å². The number of anilines is 2. The zero-order chi connectivity index (χ0) is 14.1. The fraction of sp³-hybridized carbons (Fsp3) is 0.500. The summed E-state index contributed by atoms with van der Waals surface area (Å²) >= 11 is 1.08. The molecular weight excluding hydrogens is 274 g/mol. The summed E-state index contributed by atoms with van der Waals surface area (Å²) in [6.07, 6.45) is 1.08. The molecule has 3 N–H and O–H groups in total. The second-order valence-electron chi connectivity index (χ2n) is 4.01. The average molecular weight is 291 g/mol. The van der Waals surface area contributed by atoms with Crippen molar-refractivity contribution in [3.63, 3.8) is 0 Å². The number of sulfone groups is 1. The van der Waals surface area contributed by atoms with Gasteiger partial charge in [0.2, 0.25) is 0 Å². The van der Waals surface area contributed by atoms with Crippen LogP contribution in [-0.2, 0) is 9.84 Å². The number of nitrogens with one attached hydrogen (secondary N) is 1. The number of rotatable bonds is 4. The lowest BCUT2D eigenvalue weighted by Crippen LogP contribution is -2.22. The zero-order valence-electron chi connectivity index (χ0n) is 10.8. The van der Waals surface area contributed by atoms with E-state index in [1.807, 2.05) is 0 Å². The maximum Gasteiger partial charge on any atom is 0.263 e. The molecule has 0 bridgehead atoms. The van der Waals surface area contributed by atoms with Crippen LogP contribution in [-0.4, -0.2) is 41.2 Å². The van der Waals surface area contributed by atoms with Crippen molar-refractivity contribution in [2.45, 2.75) is 11.8 Å². The van der Waals surface area contributed by atoms with Crippen molar-refractivity contribution in [2.24, 2.45) is 0 Å². The van der Waals surface area contributed by atoms with E-state index >= 15 is 0 Å². The first-order valence-corrected chi connectivity index (χ1v) is 7.98.